The zero-order valence-electron chi connectivity index (χ0n) is 11.0. The van der Waals surface area contributed by atoms with Crippen LogP contribution in [0.4, 0.5) is 4.39 Å². The van der Waals surface area contributed by atoms with Crippen molar-refractivity contribution in [2.75, 3.05) is 0 Å². The normalized spacial score (nSPS) is 28.3. The maximum atomic E-state index is 13.2. The highest BCUT2D eigenvalue weighted by Gasteiger charge is 2.24. The molecule has 0 aromatic heterocycles. The molecule has 0 heterocycles. The molecule has 0 saturated heterocycles. The smallest absolute Gasteiger partial charge is 0.124 e. The molecule has 0 N–H and O–H groups in total. The van der Waals surface area contributed by atoms with Crippen molar-refractivity contribution in [1.29, 1.82) is 0 Å². The topological polar surface area (TPSA) is 9.23 Å². The second-order valence-corrected chi connectivity index (χ2v) is 6.54. The van der Waals surface area contributed by atoms with Gasteiger partial charge in [-0.05, 0) is 54.9 Å². The third kappa shape index (κ3) is 4.06. The van der Waals surface area contributed by atoms with Crippen LogP contribution in [0.2, 0.25) is 0 Å². The van der Waals surface area contributed by atoms with Crippen LogP contribution in [0.1, 0.15) is 38.7 Å². The predicted octanol–water partition coefficient (Wildman–Crippen LogP) is 4.93. The molecule has 1 aromatic rings. The van der Waals surface area contributed by atoms with Crippen LogP contribution in [0.25, 0.3) is 0 Å². The molecule has 18 heavy (non-hydrogen) atoms. The van der Waals surface area contributed by atoms with E-state index in [0.29, 0.717) is 12.7 Å². The average Bonchev–Trinajstić information content (AvgIpc) is 2.23. The summed E-state index contributed by atoms with van der Waals surface area (Å²) in [5, 5.41) is 0. The van der Waals surface area contributed by atoms with E-state index in [1.54, 1.807) is 6.07 Å². The molecule has 2 unspecified atom stereocenters. The van der Waals surface area contributed by atoms with Gasteiger partial charge in [-0.1, -0.05) is 29.8 Å². The molecule has 0 radical (unpaired) electrons. The lowest BCUT2D eigenvalue weighted by Crippen LogP contribution is -2.26. The van der Waals surface area contributed by atoms with Gasteiger partial charge in [-0.3, -0.25) is 0 Å². The first kappa shape index (κ1) is 14.0. The Kier molecular flexibility index (Phi) is 4.79. The van der Waals surface area contributed by atoms with Crippen LogP contribution in [0.3, 0.4) is 0 Å². The largest absolute Gasteiger partial charge is 0.374 e. The summed E-state index contributed by atoms with van der Waals surface area (Å²) in [4.78, 5) is 0. The van der Waals surface area contributed by atoms with Crippen molar-refractivity contribution >= 4 is 15.9 Å². The van der Waals surface area contributed by atoms with Crippen LogP contribution in [0, 0.1) is 17.7 Å². The van der Waals surface area contributed by atoms with E-state index < -0.39 is 0 Å². The zero-order chi connectivity index (χ0) is 13.1. The summed E-state index contributed by atoms with van der Waals surface area (Å²) >= 11 is 3.30. The van der Waals surface area contributed by atoms with Crippen molar-refractivity contribution in [3.8, 4) is 0 Å². The van der Waals surface area contributed by atoms with Gasteiger partial charge in [0.05, 0.1) is 12.7 Å². The molecule has 1 aliphatic rings. The van der Waals surface area contributed by atoms with Crippen LogP contribution < -0.4 is 0 Å². The highest BCUT2D eigenvalue weighted by atomic mass is 79.9. The van der Waals surface area contributed by atoms with Gasteiger partial charge in [-0.2, -0.15) is 0 Å². The second-order valence-electron chi connectivity index (χ2n) is 5.63. The molecular formula is C15H20BrFO. The van der Waals surface area contributed by atoms with Crippen molar-refractivity contribution in [3.05, 3.63) is 34.1 Å². The van der Waals surface area contributed by atoms with Crippen molar-refractivity contribution in [2.24, 2.45) is 11.8 Å². The van der Waals surface area contributed by atoms with Gasteiger partial charge in [0.1, 0.15) is 5.82 Å². The van der Waals surface area contributed by atoms with E-state index in [2.05, 4.69) is 29.8 Å². The maximum absolute atomic E-state index is 13.2. The highest BCUT2D eigenvalue weighted by molar-refractivity contribution is 9.10. The number of ether oxygens (including phenoxy) is 1. The molecule has 0 aliphatic heterocycles. The van der Waals surface area contributed by atoms with E-state index in [1.807, 2.05) is 6.07 Å². The lowest BCUT2D eigenvalue weighted by Gasteiger charge is -2.31. The van der Waals surface area contributed by atoms with Crippen LogP contribution in [-0.4, -0.2) is 6.10 Å². The summed E-state index contributed by atoms with van der Waals surface area (Å²) in [6.45, 7) is 5.07. The molecule has 1 saturated carbocycles. The van der Waals surface area contributed by atoms with E-state index in [0.717, 1.165) is 34.7 Å². The molecule has 0 spiro atoms. The van der Waals surface area contributed by atoms with E-state index in [-0.39, 0.29) is 5.82 Å². The fourth-order valence-electron chi connectivity index (χ4n) is 2.92. The standard InChI is InChI=1S/C15H20BrFO/c1-10-3-11(2)5-15(4-10)18-9-12-6-13(16)8-14(17)7-12/h6-8,10-11,15H,3-5,9H2,1-2H3. The molecule has 1 nitrogen and oxygen atoms in total. The Hall–Kier alpha value is -0.410. The second kappa shape index (κ2) is 6.16. The Balaban J connectivity index is 1.90. The third-order valence-corrected chi connectivity index (χ3v) is 4.00. The van der Waals surface area contributed by atoms with Gasteiger partial charge >= 0.3 is 0 Å². The van der Waals surface area contributed by atoms with Gasteiger partial charge in [0.15, 0.2) is 0 Å². The molecule has 0 amide bonds. The molecule has 1 aliphatic carbocycles. The number of hydrogen-bond acceptors (Lipinski definition) is 1. The number of benzene rings is 1. The molecule has 2 rings (SSSR count). The minimum atomic E-state index is -0.214. The first-order chi connectivity index (χ1) is 8.52. The predicted molar refractivity (Wildman–Crippen MR) is 74.9 cm³/mol. The minimum absolute atomic E-state index is 0.214. The lowest BCUT2D eigenvalue weighted by atomic mass is 9.82. The number of halogens is 2. The Morgan fingerprint density at radius 1 is 1.17 bits per heavy atom. The van der Waals surface area contributed by atoms with Gasteiger partial charge < -0.3 is 4.74 Å². The van der Waals surface area contributed by atoms with Crippen LogP contribution >= 0.6 is 15.9 Å². The van der Waals surface area contributed by atoms with E-state index in [4.69, 9.17) is 4.74 Å². The van der Waals surface area contributed by atoms with E-state index in [1.165, 1.54) is 12.5 Å². The molecule has 2 atom stereocenters. The van der Waals surface area contributed by atoms with Crippen LogP contribution in [0.5, 0.6) is 0 Å². The summed E-state index contributed by atoms with van der Waals surface area (Å²) in [6, 6.07) is 4.92. The van der Waals surface area contributed by atoms with E-state index >= 15 is 0 Å². The first-order valence-corrected chi connectivity index (χ1v) is 7.39. The summed E-state index contributed by atoms with van der Waals surface area (Å²) < 4.78 is 19.9. The minimum Gasteiger partial charge on any atom is -0.374 e. The summed E-state index contributed by atoms with van der Waals surface area (Å²) in [5.74, 6) is 1.25. The lowest BCUT2D eigenvalue weighted by molar-refractivity contribution is -0.00925. The van der Waals surface area contributed by atoms with Crippen LogP contribution in [-0.2, 0) is 11.3 Å². The van der Waals surface area contributed by atoms with Crippen molar-refractivity contribution < 1.29 is 9.13 Å². The van der Waals surface area contributed by atoms with Gasteiger partial charge in [-0.25, -0.2) is 4.39 Å². The third-order valence-electron chi connectivity index (χ3n) is 3.54. The first-order valence-electron chi connectivity index (χ1n) is 6.59. The summed E-state index contributed by atoms with van der Waals surface area (Å²) in [7, 11) is 0. The molecule has 1 aromatic carbocycles. The zero-order valence-corrected chi connectivity index (χ0v) is 12.5. The Morgan fingerprint density at radius 2 is 1.83 bits per heavy atom. The molecule has 3 heteroatoms. The average molecular weight is 315 g/mol. The molecular weight excluding hydrogens is 295 g/mol. The van der Waals surface area contributed by atoms with Gasteiger partial charge in [0.2, 0.25) is 0 Å². The van der Waals surface area contributed by atoms with Crippen molar-refractivity contribution in [3.63, 3.8) is 0 Å². The fraction of sp³-hybridized carbons (Fsp3) is 0.600. The van der Waals surface area contributed by atoms with Gasteiger partial charge in [0, 0.05) is 4.47 Å². The monoisotopic (exact) mass is 314 g/mol. The summed E-state index contributed by atoms with van der Waals surface area (Å²) in [5.41, 5.74) is 0.896. The number of rotatable bonds is 3. The maximum Gasteiger partial charge on any atom is 0.124 e. The van der Waals surface area contributed by atoms with Crippen LogP contribution in [0.15, 0.2) is 22.7 Å². The number of hydrogen-bond donors (Lipinski definition) is 0. The molecule has 1 fully saturated rings. The quantitative estimate of drug-likeness (QED) is 0.768. The molecule has 0 bridgehead atoms. The van der Waals surface area contributed by atoms with Crippen molar-refractivity contribution in [2.45, 2.75) is 45.8 Å². The Morgan fingerprint density at radius 3 is 2.44 bits per heavy atom. The van der Waals surface area contributed by atoms with Gasteiger partial charge in [-0.15, -0.1) is 0 Å². The Labute approximate surface area is 117 Å². The fourth-order valence-corrected chi connectivity index (χ4v) is 3.43. The summed E-state index contributed by atoms with van der Waals surface area (Å²) in [6.07, 6.45) is 3.87. The van der Waals surface area contributed by atoms with Gasteiger partial charge in [0.25, 0.3) is 0 Å². The van der Waals surface area contributed by atoms with Crippen molar-refractivity contribution in [1.82, 2.24) is 0 Å². The Bertz CT molecular complexity index is 377. The van der Waals surface area contributed by atoms with E-state index in [9.17, 15) is 4.39 Å². The molecule has 100 valence electrons. The SMILES string of the molecule is CC1CC(C)CC(OCc2cc(F)cc(Br)c2)C1. The highest BCUT2D eigenvalue weighted by Crippen LogP contribution is 2.30.